The average Bonchev–Trinajstić information content (AvgIpc) is 2.13. The SMILES string of the molecule is CC(OC(=O)[C@@H](N)CCC(N)=O)C(=O)O. The van der Waals surface area contributed by atoms with Crippen LogP contribution in [0.25, 0.3) is 0 Å². The van der Waals surface area contributed by atoms with Crippen LogP contribution in [-0.4, -0.2) is 35.1 Å². The molecule has 0 aromatic rings. The Hall–Kier alpha value is -1.63. The van der Waals surface area contributed by atoms with E-state index in [-0.39, 0.29) is 12.8 Å². The topological polar surface area (TPSA) is 133 Å². The number of aliphatic carboxylic acids is 1. The maximum absolute atomic E-state index is 11.1. The Morgan fingerprint density at radius 3 is 2.33 bits per heavy atom. The van der Waals surface area contributed by atoms with Crippen molar-refractivity contribution in [2.24, 2.45) is 11.5 Å². The van der Waals surface area contributed by atoms with Crippen molar-refractivity contribution in [2.45, 2.75) is 31.9 Å². The fourth-order valence-corrected chi connectivity index (χ4v) is 0.728. The maximum atomic E-state index is 11.1. The van der Waals surface area contributed by atoms with E-state index in [9.17, 15) is 14.4 Å². The molecule has 1 amide bonds. The van der Waals surface area contributed by atoms with Gasteiger partial charge in [0.15, 0.2) is 6.10 Å². The largest absolute Gasteiger partial charge is 0.479 e. The molecule has 0 saturated carbocycles. The number of carboxylic acids is 1. The van der Waals surface area contributed by atoms with Gasteiger partial charge in [-0.2, -0.15) is 0 Å². The zero-order valence-corrected chi connectivity index (χ0v) is 8.30. The van der Waals surface area contributed by atoms with Crippen LogP contribution in [0.4, 0.5) is 0 Å². The van der Waals surface area contributed by atoms with Crippen LogP contribution in [0.15, 0.2) is 0 Å². The second kappa shape index (κ2) is 5.97. The smallest absolute Gasteiger partial charge is 0.344 e. The van der Waals surface area contributed by atoms with Crippen molar-refractivity contribution >= 4 is 17.8 Å². The van der Waals surface area contributed by atoms with Crippen molar-refractivity contribution in [3.05, 3.63) is 0 Å². The molecule has 0 heterocycles. The summed E-state index contributed by atoms with van der Waals surface area (Å²) in [6, 6.07) is -1.03. The van der Waals surface area contributed by atoms with Gasteiger partial charge in [-0.1, -0.05) is 0 Å². The van der Waals surface area contributed by atoms with Gasteiger partial charge in [0.2, 0.25) is 5.91 Å². The first-order chi connectivity index (χ1) is 6.84. The molecule has 0 aromatic heterocycles. The summed E-state index contributed by atoms with van der Waals surface area (Å²) in [5.74, 6) is -2.69. The molecule has 0 bridgehead atoms. The number of hydrogen-bond donors (Lipinski definition) is 3. The predicted octanol–water partition coefficient (Wildman–Crippen LogP) is -1.40. The van der Waals surface area contributed by atoms with Crippen LogP contribution in [0.3, 0.4) is 0 Å². The summed E-state index contributed by atoms with van der Waals surface area (Å²) < 4.78 is 4.49. The van der Waals surface area contributed by atoms with Gasteiger partial charge in [-0.3, -0.25) is 9.59 Å². The van der Waals surface area contributed by atoms with Crippen LogP contribution in [0, 0.1) is 0 Å². The highest BCUT2D eigenvalue weighted by molar-refractivity contribution is 5.81. The van der Waals surface area contributed by atoms with Crippen molar-refractivity contribution in [1.29, 1.82) is 0 Å². The fraction of sp³-hybridized carbons (Fsp3) is 0.625. The second-order valence-electron chi connectivity index (χ2n) is 3.03. The number of carboxylic acid groups (broad SMARTS) is 1. The third-order valence-electron chi connectivity index (χ3n) is 1.65. The summed E-state index contributed by atoms with van der Waals surface area (Å²) in [5.41, 5.74) is 10.2. The maximum Gasteiger partial charge on any atom is 0.344 e. The molecule has 1 unspecified atom stereocenters. The molecule has 0 spiro atoms. The third-order valence-corrected chi connectivity index (χ3v) is 1.65. The molecule has 0 saturated heterocycles. The lowest BCUT2D eigenvalue weighted by Gasteiger charge is -2.13. The van der Waals surface area contributed by atoms with Gasteiger partial charge in [-0.05, 0) is 13.3 Å². The van der Waals surface area contributed by atoms with Gasteiger partial charge in [-0.15, -0.1) is 0 Å². The first-order valence-electron chi connectivity index (χ1n) is 4.31. The molecule has 15 heavy (non-hydrogen) atoms. The van der Waals surface area contributed by atoms with E-state index in [0.29, 0.717) is 0 Å². The van der Waals surface area contributed by atoms with Crippen molar-refractivity contribution in [1.82, 2.24) is 0 Å². The number of nitrogens with two attached hydrogens (primary N) is 2. The van der Waals surface area contributed by atoms with Crippen molar-refractivity contribution in [2.75, 3.05) is 0 Å². The Labute approximate surface area is 86.4 Å². The summed E-state index contributed by atoms with van der Waals surface area (Å²) in [4.78, 5) is 31.8. The first-order valence-corrected chi connectivity index (χ1v) is 4.31. The van der Waals surface area contributed by atoms with Gasteiger partial charge >= 0.3 is 11.9 Å². The van der Waals surface area contributed by atoms with Gasteiger partial charge in [0.1, 0.15) is 6.04 Å². The van der Waals surface area contributed by atoms with Crippen molar-refractivity contribution in [3.8, 4) is 0 Å². The molecule has 7 heteroatoms. The minimum Gasteiger partial charge on any atom is -0.479 e. The van der Waals surface area contributed by atoms with Crippen molar-refractivity contribution < 1.29 is 24.2 Å². The Morgan fingerprint density at radius 1 is 1.40 bits per heavy atom. The lowest BCUT2D eigenvalue weighted by molar-refractivity contribution is -0.163. The zero-order valence-electron chi connectivity index (χ0n) is 8.30. The first kappa shape index (κ1) is 13.4. The second-order valence-corrected chi connectivity index (χ2v) is 3.03. The lowest BCUT2D eigenvalue weighted by Crippen LogP contribution is -2.37. The monoisotopic (exact) mass is 218 g/mol. The quantitative estimate of drug-likeness (QED) is 0.469. The summed E-state index contributed by atoms with van der Waals surface area (Å²) in [5, 5.41) is 8.44. The van der Waals surface area contributed by atoms with E-state index < -0.39 is 30.0 Å². The number of hydrogen-bond acceptors (Lipinski definition) is 5. The predicted molar refractivity (Wildman–Crippen MR) is 49.6 cm³/mol. The van der Waals surface area contributed by atoms with E-state index >= 15 is 0 Å². The van der Waals surface area contributed by atoms with E-state index in [4.69, 9.17) is 16.6 Å². The van der Waals surface area contributed by atoms with Crippen molar-refractivity contribution in [3.63, 3.8) is 0 Å². The summed E-state index contributed by atoms with van der Waals surface area (Å²) in [6.07, 6.45) is -1.25. The van der Waals surface area contributed by atoms with E-state index in [1.807, 2.05) is 0 Å². The normalized spacial score (nSPS) is 14.0. The van der Waals surface area contributed by atoms with Gasteiger partial charge in [0.25, 0.3) is 0 Å². The van der Waals surface area contributed by atoms with Crippen LogP contribution < -0.4 is 11.5 Å². The minimum atomic E-state index is -1.26. The molecular weight excluding hydrogens is 204 g/mol. The molecule has 0 aromatic carbocycles. The highest BCUT2D eigenvalue weighted by Crippen LogP contribution is 2.00. The molecule has 0 fully saturated rings. The lowest BCUT2D eigenvalue weighted by atomic mass is 10.1. The highest BCUT2D eigenvalue weighted by Gasteiger charge is 2.21. The van der Waals surface area contributed by atoms with Gasteiger partial charge < -0.3 is 21.3 Å². The van der Waals surface area contributed by atoms with Gasteiger partial charge in [-0.25, -0.2) is 4.79 Å². The van der Waals surface area contributed by atoms with E-state index in [1.54, 1.807) is 0 Å². The molecule has 86 valence electrons. The molecule has 0 rings (SSSR count). The minimum absolute atomic E-state index is 0.0422. The molecule has 0 aliphatic heterocycles. The van der Waals surface area contributed by atoms with Crippen LogP contribution in [0.2, 0.25) is 0 Å². The fourth-order valence-electron chi connectivity index (χ4n) is 0.728. The zero-order chi connectivity index (χ0) is 12.0. The van der Waals surface area contributed by atoms with Gasteiger partial charge in [0.05, 0.1) is 0 Å². The summed E-state index contributed by atoms with van der Waals surface area (Å²) in [6.45, 7) is 1.21. The molecule has 0 aliphatic rings. The standard InChI is InChI=1S/C8H14N2O5/c1-4(7(12)13)15-8(14)5(9)2-3-6(10)11/h4-5H,2-3,9H2,1H3,(H2,10,11)(H,12,13)/t4?,5-/m0/s1. The summed E-state index contributed by atoms with van der Waals surface area (Å²) >= 11 is 0. The van der Waals surface area contributed by atoms with Gasteiger partial charge in [0, 0.05) is 6.42 Å². The number of carbonyl (C=O) groups is 3. The Bertz CT molecular complexity index is 266. The third kappa shape index (κ3) is 5.63. The van der Waals surface area contributed by atoms with Crippen LogP contribution in [-0.2, 0) is 19.1 Å². The number of rotatable bonds is 6. The highest BCUT2D eigenvalue weighted by atomic mass is 16.6. The van der Waals surface area contributed by atoms with E-state index in [1.165, 1.54) is 6.92 Å². The number of esters is 1. The summed E-state index contributed by atoms with van der Waals surface area (Å²) in [7, 11) is 0. The molecule has 2 atom stereocenters. The molecule has 7 nitrogen and oxygen atoms in total. The number of amides is 1. The van der Waals surface area contributed by atoms with E-state index in [2.05, 4.69) is 4.74 Å². The Kier molecular flexibility index (Phi) is 5.32. The molecule has 0 aliphatic carbocycles. The average molecular weight is 218 g/mol. The Balaban J connectivity index is 3.99. The van der Waals surface area contributed by atoms with E-state index in [0.717, 1.165) is 0 Å². The van der Waals surface area contributed by atoms with Crippen LogP contribution in [0.5, 0.6) is 0 Å². The number of primary amides is 1. The number of ether oxygens (including phenoxy) is 1. The molecular formula is C8H14N2O5. The number of carbonyl (C=O) groups excluding carboxylic acids is 2. The Morgan fingerprint density at radius 2 is 1.93 bits per heavy atom. The van der Waals surface area contributed by atoms with Crippen LogP contribution in [0.1, 0.15) is 19.8 Å². The van der Waals surface area contributed by atoms with Crippen LogP contribution >= 0.6 is 0 Å². The molecule has 0 radical (unpaired) electrons. The molecule has 5 N–H and O–H groups in total.